The number of nitrogens with zero attached hydrogens (tertiary/aromatic N) is 2. The summed E-state index contributed by atoms with van der Waals surface area (Å²) >= 11 is 1.30. The molecule has 142 valence electrons. The Morgan fingerprint density at radius 3 is 2.63 bits per heavy atom. The van der Waals surface area contributed by atoms with Gasteiger partial charge >= 0.3 is 0 Å². The van der Waals surface area contributed by atoms with Crippen LogP contribution in [0.25, 0.3) is 10.9 Å². The van der Waals surface area contributed by atoms with E-state index in [4.69, 9.17) is 0 Å². The number of benzene rings is 1. The van der Waals surface area contributed by atoms with Gasteiger partial charge in [0.2, 0.25) is 17.7 Å². The van der Waals surface area contributed by atoms with Crippen molar-refractivity contribution >= 4 is 40.4 Å². The molecule has 1 aliphatic rings. The first-order valence-corrected chi connectivity index (χ1v) is 9.94. The van der Waals surface area contributed by atoms with E-state index in [0.29, 0.717) is 13.0 Å². The van der Waals surface area contributed by atoms with E-state index < -0.39 is 5.91 Å². The van der Waals surface area contributed by atoms with Crippen LogP contribution < -0.4 is 5.32 Å². The molecule has 0 atom stereocenters. The largest absolute Gasteiger partial charge is 0.333 e. The Hall–Kier alpha value is -2.41. The number of aromatic nitrogens is 1. The number of fused-ring (bicyclic) bond motifs is 1. The van der Waals surface area contributed by atoms with Crippen LogP contribution in [0.1, 0.15) is 29.5 Å². The lowest BCUT2D eigenvalue weighted by Gasteiger charge is -2.14. The van der Waals surface area contributed by atoms with Gasteiger partial charge in [0.25, 0.3) is 0 Å². The van der Waals surface area contributed by atoms with E-state index in [1.807, 2.05) is 19.9 Å². The second kappa shape index (κ2) is 8.08. The average Bonchev–Trinajstić information content (AvgIpc) is 2.98. The topological polar surface area (TPSA) is 79.4 Å². The van der Waals surface area contributed by atoms with Crippen LogP contribution in [-0.4, -0.2) is 46.4 Å². The number of hydrogen-bond acceptors (Lipinski definition) is 5. The van der Waals surface area contributed by atoms with Crippen molar-refractivity contribution in [3.63, 3.8) is 0 Å². The quantitative estimate of drug-likeness (QED) is 0.800. The van der Waals surface area contributed by atoms with E-state index in [2.05, 4.69) is 29.4 Å². The van der Waals surface area contributed by atoms with Gasteiger partial charge in [0.15, 0.2) is 0 Å². The first-order chi connectivity index (χ1) is 12.8. The van der Waals surface area contributed by atoms with Gasteiger partial charge in [0.1, 0.15) is 0 Å². The van der Waals surface area contributed by atoms with Gasteiger partial charge in [-0.25, -0.2) is 4.98 Å². The average molecular weight is 385 g/mol. The number of pyridine rings is 1. The molecule has 2 heterocycles. The third-order valence-electron chi connectivity index (χ3n) is 4.57. The van der Waals surface area contributed by atoms with E-state index >= 15 is 0 Å². The zero-order valence-corrected chi connectivity index (χ0v) is 16.6. The molecule has 27 heavy (non-hydrogen) atoms. The van der Waals surface area contributed by atoms with Crippen molar-refractivity contribution in [2.24, 2.45) is 0 Å². The molecule has 0 radical (unpaired) electrons. The van der Waals surface area contributed by atoms with Crippen LogP contribution >= 0.6 is 11.8 Å². The Morgan fingerprint density at radius 1 is 1.15 bits per heavy atom. The number of carbonyl (C=O) groups excluding carboxylic acids is 3. The number of amides is 3. The molecule has 1 saturated heterocycles. The highest BCUT2D eigenvalue weighted by atomic mass is 32.2. The fourth-order valence-electron chi connectivity index (χ4n) is 3.30. The zero-order chi connectivity index (χ0) is 19.6. The molecule has 2 aromatic rings. The first kappa shape index (κ1) is 19.4. The van der Waals surface area contributed by atoms with Crippen LogP contribution in [0.15, 0.2) is 23.2 Å². The highest BCUT2D eigenvalue weighted by Gasteiger charge is 2.23. The summed E-state index contributed by atoms with van der Waals surface area (Å²) in [5, 5.41) is 4.22. The molecule has 1 aromatic heterocycles. The second-order valence-corrected chi connectivity index (χ2v) is 7.93. The van der Waals surface area contributed by atoms with Crippen molar-refractivity contribution in [1.29, 1.82) is 0 Å². The Kier molecular flexibility index (Phi) is 5.79. The predicted octanol–water partition coefficient (Wildman–Crippen LogP) is 2.52. The highest BCUT2D eigenvalue weighted by molar-refractivity contribution is 7.99. The molecule has 0 saturated carbocycles. The molecule has 1 aromatic carbocycles. The number of carbonyl (C=O) groups is 3. The van der Waals surface area contributed by atoms with E-state index in [0.717, 1.165) is 33.5 Å². The first-order valence-electron chi connectivity index (χ1n) is 8.95. The smallest absolute Gasteiger partial charge is 0.246 e. The Morgan fingerprint density at radius 2 is 1.93 bits per heavy atom. The number of imide groups is 1. The molecule has 1 fully saturated rings. The molecule has 3 rings (SSSR count). The monoisotopic (exact) mass is 385 g/mol. The zero-order valence-electron chi connectivity index (χ0n) is 15.8. The van der Waals surface area contributed by atoms with Crippen LogP contribution in [0.5, 0.6) is 0 Å². The van der Waals surface area contributed by atoms with Gasteiger partial charge in [-0.15, -0.1) is 0 Å². The second-order valence-electron chi connectivity index (χ2n) is 6.93. The summed E-state index contributed by atoms with van der Waals surface area (Å²) in [4.78, 5) is 41.7. The predicted molar refractivity (Wildman–Crippen MR) is 106 cm³/mol. The van der Waals surface area contributed by atoms with Gasteiger partial charge in [0.05, 0.1) is 22.8 Å². The van der Waals surface area contributed by atoms with Crippen molar-refractivity contribution in [1.82, 2.24) is 15.2 Å². The summed E-state index contributed by atoms with van der Waals surface area (Å²) in [6, 6.07) is 6.17. The van der Waals surface area contributed by atoms with Gasteiger partial charge in [-0.1, -0.05) is 23.4 Å². The minimum atomic E-state index is -0.440. The maximum atomic E-state index is 12.1. The summed E-state index contributed by atoms with van der Waals surface area (Å²) in [5.74, 6) is -0.752. The van der Waals surface area contributed by atoms with Crippen molar-refractivity contribution in [3.8, 4) is 0 Å². The third kappa shape index (κ3) is 4.66. The molecule has 3 amide bonds. The summed E-state index contributed by atoms with van der Waals surface area (Å²) in [6.45, 7) is 6.64. The molecule has 1 N–H and O–H groups in total. The minimum absolute atomic E-state index is 0.0339. The molecule has 0 unspecified atom stereocenters. The van der Waals surface area contributed by atoms with Crippen molar-refractivity contribution in [2.45, 2.75) is 38.6 Å². The summed E-state index contributed by atoms with van der Waals surface area (Å²) in [7, 11) is 0. The standard InChI is InChI=1S/C20H23N3O3S/c1-12-7-14(3)20-15(8-12)13(2)9-18(22-20)27-11-17(25)21-16(24)10-23-6-4-5-19(23)26/h7-9H,4-6,10-11H2,1-3H3,(H,21,24,25). The molecule has 7 heteroatoms. The number of hydrogen-bond donors (Lipinski definition) is 1. The number of likely N-dealkylation sites (tertiary alicyclic amines) is 1. The van der Waals surface area contributed by atoms with Crippen LogP contribution in [-0.2, 0) is 14.4 Å². The van der Waals surface area contributed by atoms with E-state index in [-0.39, 0.29) is 24.1 Å². The lowest BCUT2D eigenvalue weighted by molar-refractivity contribution is -0.135. The van der Waals surface area contributed by atoms with Gasteiger partial charge in [0, 0.05) is 18.4 Å². The maximum absolute atomic E-state index is 12.1. The maximum Gasteiger partial charge on any atom is 0.246 e. The molecule has 1 aliphatic heterocycles. The van der Waals surface area contributed by atoms with Crippen molar-refractivity contribution in [2.75, 3.05) is 18.8 Å². The van der Waals surface area contributed by atoms with Crippen LogP contribution in [0, 0.1) is 20.8 Å². The van der Waals surface area contributed by atoms with Crippen LogP contribution in [0.3, 0.4) is 0 Å². The van der Waals surface area contributed by atoms with E-state index in [9.17, 15) is 14.4 Å². The normalized spacial score (nSPS) is 14.0. The summed E-state index contributed by atoms with van der Waals surface area (Å²) < 4.78 is 0. The van der Waals surface area contributed by atoms with Gasteiger partial charge in [-0.3, -0.25) is 19.7 Å². The summed E-state index contributed by atoms with van der Waals surface area (Å²) in [6.07, 6.45) is 1.24. The fraction of sp³-hybridized carbons (Fsp3) is 0.400. The highest BCUT2D eigenvalue weighted by Crippen LogP contribution is 2.26. The Bertz CT molecular complexity index is 926. The van der Waals surface area contributed by atoms with Gasteiger partial charge in [-0.2, -0.15) is 0 Å². The van der Waals surface area contributed by atoms with Gasteiger partial charge < -0.3 is 4.90 Å². The van der Waals surface area contributed by atoms with Crippen molar-refractivity contribution in [3.05, 3.63) is 34.9 Å². The van der Waals surface area contributed by atoms with E-state index in [1.165, 1.54) is 22.2 Å². The minimum Gasteiger partial charge on any atom is -0.333 e. The number of rotatable bonds is 5. The van der Waals surface area contributed by atoms with Gasteiger partial charge in [-0.05, 0) is 50.5 Å². The SMILES string of the molecule is Cc1cc(C)c2nc(SCC(=O)NC(=O)CN3CCCC3=O)cc(C)c2c1. The molecule has 0 bridgehead atoms. The van der Waals surface area contributed by atoms with Crippen LogP contribution in [0.2, 0.25) is 0 Å². The molecule has 0 spiro atoms. The Balaban J connectivity index is 1.60. The van der Waals surface area contributed by atoms with E-state index in [1.54, 1.807) is 0 Å². The molecular formula is C20H23N3O3S. The number of nitrogens with one attached hydrogen (secondary N) is 1. The molecule has 0 aliphatic carbocycles. The number of thioether (sulfide) groups is 1. The van der Waals surface area contributed by atoms with Crippen LogP contribution in [0.4, 0.5) is 0 Å². The summed E-state index contributed by atoms with van der Waals surface area (Å²) in [5.41, 5.74) is 4.34. The van der Waals surface area contributed by atoms with Crippen molar-refractivity contribution < 1.29 is 14.4 Å². The lowest BCUT2D eigenvalue weighted by Crippen LogP contribution is -2.41. The molecular weight excluding hydrogens is 362 g/mol. The number of aryl methyl sites for hydroxylation is 3. The Labute approximate surface area is 162 Å². The fourth-order valence-corrected chi connectivity index (χ4v) is 4.07. The third-order valence-corrected chi connectivity index (χ3v) is 5.48. The lowest BCUT2D eigenvalue weighted by atomic mass is 10.0. The molecule has 6 nitrogen and oxygen atoms in total.